The topological polar surface area (TPSA) is 46.6 Å². The summed E-state index contributed by atoms with van der Waals surface area (Å²) in [5.74, 6) is -0.952. The molecule has 0 bridgehead atoms. The van der Waals surface area contributed by atoms with Crippen LogP contribution < -0.4 is 0 Å². The standard InChI is InChI=1S/C15H16F3NO3/c1-3-9-19(10-8-13(20)22-2)14(21)11-4-6-12(7-5-11)15(16,17)18/h3-7H,1,8-10H2,2H3. The first-order chi connectivity index (χ1) is 10.3. The van der Waals surface area contributed by atoms with Gasteiger partial charge in [0.05, 0.1) is 19.1 Å². The number of methoxy groups -OCH3 is 1. The maximum atomic E-state index is 12.5. The van der Waals surface area contributed by atoms with Gasteiger partial charge in [0, 0.05) is 18.7 Å². The second-order valence-corrected chi connectivity index (χ2v) is 4.44. The summed E-state index contributed by atoms with van der Waals surface area (Å²) in [6.45, 7) is 3.78. The lowest BCUT2D eigenvalue weighted by Crippen LogP contribution is -2.33. The highest BCUT2D eigenvalue weighted by molar-refractivity contribution is 5.94. The van der Waals surface area contributed by atoms with E-state index in [0.29, 0.717) is 0 Å². The van der Waals surface area contributed by atoms with Gasteiger partial charge in [-0.1, -0.05) is 6.08 Å². The maximum Gasteiger partial charge on any atom is 0.416 e. The zero-order valence-electron chi connectivity index (χ0n) is 12.0. The number of hydrogen-bond donors (Lipinski definition) is 0. The minimum absolute atomic E-state index is 0.00326. The van der Waals surface area contributed by atoms with Crippen LogP contribution in [0.2, 0.25) is 0 Å². The molecule has 0 spiro atoms. The van der Waals surface area contributed by atoms with Crippen molar-refractivity contribution >= 4 is 11.9 Å². The number of carbonyl (C=O) groups excluding carboxylic acids is 2. The van der Waals surface area contributed by atoms with Gasteiger partial charge in [-0.3, -0.25) is 9.59 Å². The second kappa shape index (κ2) is 7.63. The summed E-state index contributed by atoms with van der Waals surface area (Å²) in [5, 5.41) is 0. The zero-order valence-corrected chi connectivity index (χ0v) is 12.0. The van der Waals surface area contributed by atoms with Gasteiger partial charge in [0.2, 0.25) is 0 Å². The van der Waals surface area contributed by atoms with E-state index in [-0.39, 0.29) is 25.1 Å². The molecule has 1 rings (SSSR count). The molecule has 120 valence electrons. The Hall–Kier alpha value is -2.31. The average Bonchev–Trinajstić information content (AvgIpc) is 2.49. The van der Waals surface area contributed by atoms with Gasteiger partial charge in [-0.05, 0) is 24.3 Å². The molecular weight excluding hydrogens is 299 g/mol. The number of alkyl halides is 3. The van der Waals surface area contributed by atoms with E-state index in [0.717, 1.165) is 24.3 Å². The van der Waals surface area contributed by atoms with Crippen molar-refractivity contribution in [2.24, 2.45) is 0 Å². The van der Waals surface area contributed by atoms with E-state index in [1.54, 1.807) is 0 Å². The number of benzene rings is 1. The average molecular weight is 315 g/mol. The van der Waals surface area contributed by atoms with E-state index < -0.39 is 23.6 Å². The summed E-state index contributed by atoms with van der Waals surface area (Å²) in [5.41, 5.74) is -0.714. The third-order valence-corrected chi connectivity index (χ3v) is 2.91. The number of carbonyl (C=O) groups is 2. The molecule has 0 aliphatic carbocycles. The SMILES string of the molecule is C=CCN(CCC(=O)OC)C(=O)c1ccc(C(F)(F)F)cc1. The summed E-state index contributed by atoms with van der Waals surface area (Å²) < 4.78 is 42.0. The van der Waals surface area contributed by atoms with E-state index in [1.807, 2.05) is 0 Å². The minimum atomic E-state index is -4.45. The Kier molecular flexibility index (Phi) is 6.15. The van der Waals surface area contributed by atoms with Crippen LogP contribution in [-0.2, 0) is 15.7 Å². The fraction of sp³-hybridized carbons (Fsp3) is 0.333. The Morgan fingerprint density at radius 2 is 1.86 bits per heavy atom. The highest BCUT2D eigenvalue weighted by Gasteiger charge is 2.30. The predicted octanol–water partition coefficient (Wildman–Crippen LogP) is 2.90. The van der Waals surface area contributed by atoms with Crippen LogP contribution in [0.15, 0.2) is 36.9 Å². The summed E-state index contributed by atoms with van der Waals surface area (Å²) in [4.78, 5) is 24.7. The molecule has 7 heteroatoms. The molecule has 0 radical (unpaired) electrons. The zero-order chi connectivity index (χ0) is 16.8. The quantitative estimate of drug-likeness (QED) is 0.599. The van der Waals surface area contributed by atoms with Gasteiger partial charge in [-0.15, -0.1) is 6.58 Å². The van der Waals surface area contributed by atoms with E-state index in [1.165, 1.54) is 18.1 Å². The molecule has 0 aliphatic rings. The molecule has 22 heavy (non-hydrogen) atoms. The summed E-state index contributed by atoms with van der Waals surface area (Å²) in [6.07, 6.45) is -2.98. The Bertz CT molecular complexity index is 538. The van der Waals surface area contributed by atoms with E-state index in [2.05, 4.69) is 11.3 Å². The lowest BCUT2D eigenvalue weighted by molar-refractivity contribution is -0.141. The number of halogens is 3. The van der Waals surface area contributed by atoms with Crippen molar-refractivity contribution < 1.29 is 27.5 Å². The number of esters is 1. The van der Waals surface area contributed by atoms with Crippen LogP contribution in [-0.4, -0.2) is 37.0 Å². The van der Waals surface area contributed by atoms with Crippen molar-refractivity contribution in [2.45, 2.75) is 12.6 Å². The largest absolute Gasteiger partial charge is 0.469 e. The van der Waals surface area contributed by atoms with Gasteiger partial charge < -0.3 is 9.64 Å². The Morgan fingerprint density at radius 3 is 2.32 bits per heavy atom. The van der Waals surface area contributed by atoms with Crippen molar-refractivity contribution in [1.82, 2.24) is 4.90 Å². The molecule has 0 aliphatic heterocycles. The normalized spacial score (nSPS) is 10.9. The Labute approximate surface area is 126 Å². The lowest BCUT2D eigenvalue weighted by Gasteiger charge is -2.20. The molecule has 0 saturated carbocycles. The number of ether oxygens (including phenoxy) is 1. The van der Waals surface area contributed by atoms with Gasteiger partial charge in [-0.25, -0.2) is 0 Å². The molecule has 0 N–H and O–H groups in total. The summed E-state index contributed by atoms with van der Waals surface area (Å²) in [6, 6.07) is 3.91. The van der Waals surface area contributed by atoms with Crippen molar-refractivity contribution in [1.29, 1.82) is 0 Å². The Morgan fingerprint density at radius 1 is 1.27 bits per heavy atom. The molecular formula is C15H16F3NO3. The van der Waals surface area contributed by atoms with Crippen molar-refractivity contribution in [2.75, 3.05) is 20.2 Å². The molecule has 1 aromatic carbocycles. The van der Waals surface area contributed by atoms with Gasteiger partial charge >= 0.3 is 12.1 Å². The van der Waals surface area contributed by atoms with Gasteiger partial charge in [0.1, 0.15) is 0 Å². The molecule has 1 amide bonds. The van der Waals surface area contributed by atoms with Crippen LogP contribution in [0.4, 0.5) is 13.2 Å². The number of nitrogens with zero attached hydrogens (tertiary/aromatic N) is 1. The number of amides is 1. The fourth-order valence-electron chi connectivity index (χ4n) is 1.74. The van der Waals surface area contributed by atoms with Crippen LogP contribution >= 0.6 is 0 Å². The minimum Gasteiger partial charge on any atom is -0.469 e. The first kappa shape index (κ1) is 17.7. The third-order valence-electron chi connectivity index (χ3n) is 2.91. The van der Waals surface area contributed by atoms with Gasteiger partial charge in [-0.2, -0.15) is 13.2 Å². The molecule has 1 aromatic rings. The molecule has 0 unspecified atom stereocenters. The third kappa shape index (κ3) is 4.91. The molecule has 0 fully saturated rings. The van der Waals surface area contributed by atoms with E-state index in [4.69, 9.17) is 0 Å². The highest BCUT2D eigenvalue weighted by atomic mass is 19.4. The second-order valence-electron chi connectivity index (χ2n) is 4.44. The molecule has 0 saturated heterocycles. The molecule has 4 nitrogen and oxygen atoms in total. The Balaban J connectivity index is 2.85. The van der Waals surface area contributed by atoms with Crippen molar-refractivity contribution in [3.63, 3.8) is 0 Å². The van der Waals surface area contributed by atoms with E-state index >= 15 is 0 Å². The molecule has 0 heterocycles. The van der Waals surface area contributed by atoms with Crippen molar-refractivity contribution in [3.8, 4) is 0 Å². The van der Waals surface area contributed by atoms with Crippen LogP contribution in [0, 0.1) is 0 Å². The monoisotopic (exact) mass is 315 g/mol. The first-order valence-corrected chi connectivity index (χ1v) is 6.44. The van der Waals surface area contributed by atoms with Crippen LogP contribution in [0.3, 0.4) is 0 Å². The number of hydrogen-bond acceptors (Lipinski definition) is 3. The highest BCUT2D eigenvalue weighted by Crippen LogP contribution is 2.29. The van der Waals surface area contributed by atoms with Crippen molar-refractivity contribution in [3.05, 3.63) is 48.0 Å². The van der Waals surface area contributed by atoms with E-state index in [9.17, 15) is 22.8 Å². The van der Waals surface area contributed by atoms with Gasteiger partial charge in [0.25, 0.3) is 5.91 Å². The molecule has 0 aromatic heterocycles. The summed E-state index contributed by atoms with van der Waals surface area (Å²) in [7, 11) is 1.23. The van der Waals surface area contributed by atoms with Crippen LogP contribution in [0.5, 0.6) is 0 Å². The lowest BCUT2D eigenvalue weighted by atomic mass is 10.1. The van der Waals surface area contributed by atoms with Crippen LogP contribution in [0.1, 0.15) is 22.3 Å². The van der Waals surface area contributed by atoms with Gasteiger partial charge in [0.15, 0.2) is 0 Å². The fourth-order valence-corrected chi connectivity index (χ4v) is 1.74. The smallest absolute Gasteiger partial charge is 0.416 e. The predicted molar refractivity (Wildman–Crippen MR) is 74.2 cm³/mol. The summed E-state index contributed by atoms with van der Waals surface area (Å²) >= 11 is 0. The first-order valence-electron chi connectivity index (χ1n) is 6.44. The molecule has 0 atom stereocenters. The number of rotatable bonds is 6. The van der Waals surface area contributed by atoms with Crippen LogP contribution in [0.25, 0.3) is 0 Å². The maximum absolute atomic E-state index is 12.5.